The minimum Gasteiger partial charge on any atom is -0.497 e. The van der Waals surface area contributed by atoms with Crippen LogP contribution in [0.5, 0.6) is 5.75 Å². The fourth-order valence-electron chi connectivity index (χ4n) is 3.26. The predicted octanol–water partition coefficient (Wildman–Crippen LogP) is 2.56. The van der Waals surface area contributed by atoms with E-state index in [1.165, 1.54) is 23.5 Å². The number of hydrogen-bond acceptors (Lipinski definition) is 6. The van der Waals surface area contributed by atoms with Gasteiger partial charge in [0.2, 0.25) is 10.0 Å². The average molecular weight is 468 g/mol. The number of rotatable bonds is 7. The van der Waals surface area contributed by atoms with Crippen molar-refractivity contribution in [3.05, 3.63) is 54.1 Å². The van der Waals surface area contributed by atoms with Gasteiger partial charge in [0.15, 0.2) is 6.61 Å². The van der Waals surface area contributed by atoms with E-state index < -0.39 is 46.1 Å². The van der Waals surface area contributed by atoms with Gasteiger partial charge in [-0.05, 0) is 49.2 Å². The number of anilines is 1. The number of carbonyl (C=O) groups excluding carboxylic acids is 2. The number of methoxy groups -OCH3 is 1. The maximum absolute atomic E-state index is 13.6. The molecule has 1 heterocycles. The number of esters is 1. The molecule has 3 rings (SSSR count). The second-order valence-corrected chi connectivity index (χ2v) is 9.07. The summed E-state index contributed by atoms with van der Waals surface area (Å²) in [7, 11) is -2.22. The third kappa shape index (κ3) is 5.60. The maximum atomic E-state index is 13.6. The zero-order chi connectivity index (χ0) is 23.3. The number of piperidine rings is 1. The predicted molar refractivity (Wildman–Crippen MR) is 110 cm³/mol. The lowest BCUT2D eigenvalue weighted by Crippen LogP contribution is -2.40. The van der Waals surface area contributed by atoms with E-state index in [1.807, 2.05) is 0 Å². The highest BCUT2D eigenvalue weighted by Gasteiger charge is 2.33. The number of hydrogen-bond donors (Lipinski definition) is 1. The van der Waals surface area contributed by atoms with Gasteiger partial charge in [-0.15, -0.1) is 0 Å². The molecular weight excluding hydrogens is 446 g/mol. The highest BCUT2D eigenvalue weighted by atomic mass is 32.2. The Kier molecular flexibility index (Phi) is 7.41. The molecule has 32 heavy (non-hydrogen) atoms. The minimum atomic E-state index is -3.70. The summed E-state index contributed by atoms with van der Waals surface area (Å²) < 4.78 is 63.3. The maximum Gasteiger partial charge on any atom is 0.309 e. The van der Waals surface area contributed by atoms with E-state index in [4.69, 9.17) is 9.47 Å². The first-order valence-corrected chi connectivity index (χ1v) is 11.2. The Morgan fingerprint density at radius 2 is 1.75 bits per heavy atom. The van der Waals surface area contributed by atoms with Crippen molar-refractivity contribution in [2.75, 3.05) is 32.1 Å². The smallest absolute Gasteiger partial charge is 0.309 e. The molecule has 11 heteroatoms. The van der Waals surface area contributed by atoms with Crippen LogP contribution in [-0.2, 0) is 24.3 Å². The van der Waals surface area contributed by atoms with Crippen LogP contribution in [0.25, 0.3) is 0 Å². The van der Waals surface area contributed by atoms with E-state index in [1.54, 1.807) is 12.1 Å². The van der Waals surface area contributed by atoms with Crippen molar-refractivity contribution in [1.29, 1.82) is 0 Å². The van der Waals surface area contributed by atoms with Gasteiger partial charge >= 0.3 is 5.97 Å². The molecular formula is C21H22F2N2O6S. The Morgan fingerprint density at radius 3 is 2.34 bits per heavy atom. The Morgan fingerprint density at radius 1 is 1.09 bits per heavy atom. The highest BCUT2D eigenvalue weighted by Crippen LogP contribution is 2.26. The molecule has 0 saturated carbocycles. The van der Waals surface area contributed by atoms with Gasteiger partial charge in [-0.2, -0.15) is 4.31 Å². The average Bonchev–Trinajstić information content (AvgIpc) is 2.79. The number of benzene rings is 2. The number of carbonyl (C=O) groups is 2. The zero-order valence-electron chi connectivity index (χ0n) is 17.2. The van der Waals surface area contributed by atoms with Crippen molar-refractivity contribution in [3.8, 4) is 5.75 Å². The lowest BCUT2D eigenvalue weighted by Gasteiger charge is -2.30. The van der Waals surface area contributed by atoms with Crippen LogP contribution in [0.3, 0.4) is 0 Å². The standard InChI is InChI=1S/C21H22F2N2O6S/c1-30-16-3-5-17(6-4-16)32(28,29)25-10-8-14(9-11-25)21(27)31-13-20(26)24-19-7-2-15(22)12-18(19)23/h2-7,12,14H,8-11,13H2,1H3,(H,24,26). The van der Waals surface area contributed by atoms with E-state index in [2.05, 4.69) is 5.32 Å². The van der Waals surface area contributed by atoms with Crippen LogP contribution < -0.4 is 10.1 Å². The van der Waals surface area contributed by atoms with Gasteiger partial charge in [0.1, 0.15) is 17.4 Å². The highest BCUT2D eigenvalue weighted by molar-refractivity contribution is 7.89. The molecule has 0 unspecified atom stereocenters. The normalized spacial score (nSPS) is 15.2. The van der Waals surface area contributed by atoms with Crippen LogP contribution in [0, 0.1) is 17.6 Å². The van der Waals surface area contributed by atoms with Crippen molar-refractivity contribution in [2.24, 2.45) is 5.92 Å². The third-order valence-electron chi connectivity index (χ3n) is 5.04. The van der Waals surface area contributed by atoms with Crippen LogP contribution in [0.4, 0.5) is 14.5 Å². The van der Waals surface area contributed by atoms with Crippen molar-refractivity contribution in [3.63, 3.8) is 0 Å². The van der Waals surface area contributed by atoms with Gasteiger partial charge in [-0.25, -0.2) is 17.2 Å². The number of amides is 1. The fraction of sp³-hybridized carbons (Fsp3) is 0.333. The molecule has 0 bridgehead atoms. The van der Waals surface area contributed by atoms with Gasteiger partial charge in [0.05, 0.1) is 23.6 Å². The minimum absolute atomic E-state index is 0.126. The van der Waals surface area contributed by atoms with Crippen LogP contribution >= 0.6 is 0 Å². The number of nitrogens with zero attached hydrogens (tertiary/aromatic N) is 1. The first-order valence-electron chi connectivity index (χ1n) is 9.76. The lowest BCUT2D eigenvalue weighted by molar-refractivity contribution is -0.152. The summed E-state index contributed by atoms with van der Waals surface area (Å²) in [5.74, 6) is -3.17. The molecule has 172 valence electrons. The number of sulfonamides is 1. The quantitative estimate of drug-likeness (QED) is 0.627. The second kappa shape index (κ2) is 10.0. The van der Waals surface area contributed by atoms with Crippen LogP contribution in [0.1, 0.15) is 12.8 Å². The monoisotopic (exact) mass is 468 g/mol. The van der Waals surface area contributed by atoms with Crippen molar-refractivity contribution >= 4 is 27.6 Å². The molecule has 2 aromatic rings. The molecule has 0 aromatic heterocycles. The molecule has 2 aromatic carbocycles. The number of nitrogens with one attached hydrogen (secondary N) is 1. The Hall–Kier alpha value is -3.05. The Labute approximate surface area is 184 Å². The molecule has 1 saturated heterocycles. The third-order valence-corrected chi connectivity index (χ3v) is 6.95. The van der Waals surface area contributed by atoms with Crippen molar-refractivity contribution in [1.82, 2.24) is 4.31 Å². The first kappa shape index (κ1) is 23.6. The summed E-state index contributed by atoms with van der Waals surface area (Å²) in [5, 5.41) is 2.19. The summed E-state index contributed by atoms with van der Waals surface area (Å²) in [6, 6.07) is 8.69. The van der Waals surface area contributed by atoms with E-state index >= 15 is 0 Å². The second-order valence-electron chi connectivity index (χ2n) is 7.13. The number of ether oxygens (including phenoxy) is 2. The molecule has 8 nitrogen and oxygen atoms in total. The Balaban J connectivity index is 1.49. The number of halogens is 2. The SMILES string of the molecule is COc1ccc(S(=O)(=O)N2CCC(C(=O)OCC(=O)Nc3ccc(F)cc3F)CC2)cc1. The topological polar surface area (TPSA) is 102 Å². The van der Waals surface area contributed by atoms with Gasteiger partial charge in [0.25, 0.3) is 5.91 Å². The molecule has 0 radical (unpaired) electrons. The zero-order valence-corrected chi connectivity index (χ0v) is 18.0. The molecule has 0 aliphatic carbocycles. The van der Waals surface area contributed by atoms with E-state index in [0.29, 0.717) is 11.8 Å². The molecule has 0 spiro atoms. The van der Waals surface area contributed by atoms with E-state index in [-0.39, 0.29) is 36.5 Å². The molecule has 1 N–H and O–H groups in total. The van der Waals surface area contributed by atoms with Gasteiger partial charge < -0.3 is 14.8 Å². The summed E-state index contributed by atoms with van der Waals surface area (Å²) in [4.78, 5) is 24.3. The summed E-state index contributed by atoms with van der Waals surface area (Å²) in [6.45, 7) is -0.387. The van der Waals surface area contributed by atoms with E-state index in [9.17, 15) is 26.8 Å². The van der Waals surface area contributed by atoms with E-state index in [0.717, 1.165) is 12.1 Å². The summed E-state index contributed by atoms with van der Waals surface area (Å²) in [6.07, 6.45) is 0.477. The fourth-order valence-corrected chi connectivity index (χ4v) is 4.73. The Bertz CT molecular complexity index is 1080. The lowest BCUT2D eigenvalue weighted by atomic mass is 9.98. The summed E-state index contributed by atoms with van der Waals surface area (Å²) >= 11 is 0. The van der Waals surface area contributed by atoms with Gasteiger partial charge in [-0.1, -0.05) is 0 Å². The van der Waals surface area contributed by atoms with Crippen molar-refractivity contribution in [2.45, 2.75) is 17.7 Å². The molecule has 0 atom stereocenters. The van der Waals surface area contributed by atoms with Gasteiger partial charge in [-0.3, -0.25) is 9.59 Å². The first-order chi connectivity index (χ1) is 15.2. The molecule has 1 amide bonds. The van der Waals surface area contributed by atoms with Crippen LogP contribution in [-0.4, -0.2) is 51.4 Å². The molecule has 1 fully saturated rings. The van der Waals surface area contributed by atoms with Crippen molar-refractivity contribution < 1.29 is 36.3 Å². The van der Waals surface area contributed by atoms with Crippen LogP contribution in [0.2, 0.25) is 0 Å². The summed E-state index contributed by atoms with van der Waals surface area (Å²) in [5.41, 5.74) is -0.232. The largest absolute Gasteiger partial charge is 0.497 e. The molecule has 1 aliphatic rings. The molecule has 1 aliphatic heterocycles. The van der Waals surface area contributed by atoms with Crippen LogP contribution in [0.15, 0.2) is 47.4 Å². The van der Waals surface area contributed by atoms with Gasteiger partial charge in [0, 0.05) is 19.2 Å².